The molecule has 4 N–H and O–H groups in total. The molecule has 0 atom stereocenters. The van der Waals surface area contributed by atoms with Gasteiger partial charge in [0.05, 0.1) is 24.9 Å². The first-order valence-corrected chi connectivity index (χ1v) is 6.03. The number of aliphatic hydroxyl groups is 2. The van der Waals surface area contributed by atoms with Gasteiger partial charge in [0.2, 0.25) is 11.9 Å². The van der Waals surface area contributed by atoms with Crippen molar-refractivity contribution in [3.05, 3.63) is 0 Å². The van der Waals surface area contributed by atoms with E-state index in [0.29, 0.717) is 5.95 Å². The Balaban J connectivity index is 2.99. The third kappa shape index (κ3) is 4.49. The maximum Gasteiger partial charge on any atom is 0.323 e. The molecule has 0 saturated carbocycles. The van der Waals surface area contributed by atoms with Crippen LogP contribution in [-0.4, -0.2) is 57.1 Å². The number of anilines is 2. The van der Waals surface area contributed by atoms with Crippen LogP contribution in [0.1, 0.15) is 20.8 Å². The van der Waals surface area contributed by atoms with E-state index in [9.17, 15) is 10.2 Å². The van der Waals surface area contributed by atoms with Crippen LogP contribution in [0.4, 0.5) is 11.9 Å². The molecule has 0 unspecified atom stereocenters. The molecule has 0 aliphatic rings. The Kier molecular flexibility index (Phi) is 5.25. The molecule has 1 aromatic heterocycles. The van der Waals surface area contributed by atoms with E-state index in [0.717, 1.165) is 0 Å². The number of rotatable bonds is 7. The lowest BCUT2D eigenvalue weighted by Gasteiger charge is -2.26. The van der Waals surface area contributed by atoms with Crippen LogP contribution in [0, 0.1) is 0 Å². The SMILES string of the molecule is CNc1nc(NC(C)(CO)CO)nc(OC(C)C)n1. The number of hydrogen-bond donors (Lipinski definition) is 4. The molecule has 0 aliphatic carbocycles. The summed E-state index contributed by atoms with van der Waals surface area (Å²) in [5, 5.41) is 24.2. The minimum absolute atomic E-state index is 0.0676. The second kappa shape index (κ2) is 6.48. The van der Waals surface area contributed by atoms with Crippen molar-refractivity contribution < 1.29 is 14.9 Å². The Labute approximate surface area is 112 Å². The zero-order valence-corrected chi connectivity index (χ0v) is 11.6. The largest absolute Gasteiger partial charge is 0.461 e. The summed E-state index contributed by atoms with van der Waals surface area (Å²) in [4.78, 5) is 12.2. The van der Waals surface area contributed by atoms with Gasteiger partial charge in [0.15, 0.2) is 0 Å². The molecule has 0 amide bonds. The molecule has 0 saturated heterocycles. The average molecular weight is 271 g/mol. The predicted octanol–water partition coefficient (Wildman–Crippen LogP) is -0.144. The summed E-state index contributed by atoms with van der Waals surface area (Å²) in [5.41, 5.74) is -0.915. The van der Waals surface area contributed by atoms with Gasteiger partial charge < -0.3 is 25.6 Å². The molecule has 0 bridgehead atoms. The smallest absolute Gasteiger partial charge is 0.323 e. The highest BCUT2D eigenvalue weighted by Gasteiger charge is 2.24. The quantitative estimate of drug-likeness (QED) is 0.542. The zero-order chi connectivity index (χ0) is 14.5. The molecule has 108 valence electrons. The van der Waals surface area contributed by atoms with Gasteiger partial charge in [-0.2, -0.15) is 15.0 Å². The molecule has 0 radical (unpaired) electrons. The molecule has 19 heavy (non-hydrogen) atoms. The van der Waals surface area contributed by atoms with Crippen molar-refractivity contribution in [3.8, 4) is 6.01 Å². The van der Waals surface area contributed by atoms with Gasteiger partial charge in [-0.3, -0.25) is 0 Å². The maximum atomic E-state index is 9.25. The van der Waals surface area contributed by atoms with Crippen LogP contribution >= 0.6 is 0 Å². The summed E-state index contributed by atoms with van der Waals surface area (Å²) >= 11 is 0. The first-order chi connectivity index (χ1) is 8.92. The molecule has 0 fully saturated rings. The number of aromatic nitrogens is 3. The maximum absolute atomic E-state index is 9.25. The van der Waals surface area contributed by atoms with E-state index in [1.54, 1.807) is 14.0 Å². The number of nitrogens with one attached hydrogen (secondary N) is 2. The van der Waals surface area contributed by atoms with Gasteiger partial charge in [-0.1, -0.05) is 0 Å². The van der Waals surface area contributed by atoms with Gasteiger partial charge in [-0.15, -0.1) is 0 Å². The standard InChI is InChI=1S/C11H21N5O3/c1-7(2)19-10-14-8(12-4)13-9(15-10)16-11(3,5-17)6-18/h7,17-18H,5-6H2,1-4H3,(H2,12,13,14,15,16). The van der Waals surface area contributed by atoms with Crippen molar-refractivity contribution in [3.63, 3.8) is 0 Å². The molecule has 1 rings (SSSR count). The van der Waals surface area contributed by atoms with E-state index >= 15 is 0 Å². The van der Waals surface area contributed by atoms with Gasteiger partial charge in [-0.25, -0.2) is 0 Å². The Morgan fingerprint density at radius 2 is 1.74 bits per heavy atom. The van der Waals surface area contributed by atoms with Gasteiger partial charge in [0, 0.05) is 7.05 Å². The molecule has 0 aromatic carbocycles. The minimum atomic E-state index is -0.915. The highest BCUT2D eigenvalue weighted by Crippen LogP contribution is 2.16. The van der Waals surface area contributed by atoms with Gasteiger partial charge in [0.25, 0.3) is 0 Å². The molecule has 1 heterocycles. The molecular weight excluding hydrogens is 250 g/mol. The fourth-order valence-corrected chi connectivity index (χ4v) is 1.19. The minimum Gasteiger partial charge on any atom is -0.461 e. The lowest BCUT2D eigenvalue weighted by atomic mass is 10.1. The van der Waals surface area contributed by atoms with Gasteiger partial charge in [0.1, 0.15) is 0 Å². The van der Waals surface area contributed by atoms with Crippen LogP contribution in [-0.2, 0) is 0 Å². The van der Waals surface area contributed by atoms with E-state index in [-0.39, 0.29) is 31.3 Å². The van der Waals surface area contributed by atoms with E-state index in [1.165, 1.54) is 0 Å². The second-order valence-corrected chi connectivity index (χ2v) is 4.68. The van der Waals surface area contributed by atoms with Crippen LogP contribution in [0.3, 0.4) is 0 Å². The van der Waals surface area contributed by atoms with Crippen molar-refractivity contribution in [1.82, 2.24) is 15.0 Å². The first kappa shape index (κ1) is 15.4. The predicted molar refractivity (Wildman–Crippen MR) is 71.3 cm³/mol. The summed E-state index contributed by atoms with van der Waals surface area (Å²) in [6, 6.07) is 0.176. The molecule has 1 aromatic rings. The molecular formula is C11H21N5O3. The fraction of sp³-hybridized carbons (Fsp3) is 0.727. The van der Waals surface area contributed by atoms with Crippen molar-refractivity contribution in [2.24, 2.45) is 0 Å². The Hall–Kier alpha value is -1.67. The van der Waals surface area contributed by atoms with Gasteiger partial charge >= 0.3 is 6.01 Å². The lowest BCUT2D eigenvalue weighted by Crippen LogP contribution is -2.43. The molecule has 0 spiro atoms. The first-order valence-electron chi connectivity index (χ1n) is 6.03. The molecule has 8 nitrogen and oxygen atoms in total. The second-order valence-electron chi connectivity index (χ2n) is 4.68. The van der Waals surface area contributed by atoms with E-state index in [2.05, 4.69) is 25.6 Å². The highest BCUT2D eigenvalue weighted by molar-refractivity contribution is 5.37. The summed E-state index contributed by atoms with van der Waals surface area (Å²) in [6.07, 6.45) is -0.0676. The van der Waals surface area contributed by atoms with Crippen LogP contribution in [0.15, 0.2) is 0 Å². The summed E-state index contributed by atoms with van der Waals surface area (Å²) in [5.74, 6) is 0.562. The van der Waals surface area contributed by atoms with Crippen LogP contribution in [0.5, 0.6) is 6.01 Å². The van der Waals surface area contributed by atoms with Crippen molar-refractivity contribution in [2.45, 2.75) is 32.4 Å². The molecule has 8 heteroatoms. The van der Waals surface area contributed by atoms with Crippen LogP contribution < -0.4 is 15.4 Å². The zero-order valence-electron chi connectivity index (χ0n) is 11.6. The van der Waals surface area contributed by atoms with Crippen LogP contribution in [0.2, 0.25) is 0 Å². The topological polar surface area (TPSA) is 112 Å². The van der Waals surface area contributed by atoms with Crippen molar-refractivity contribution in [2.75, 3.05) is 30.9 Å². The Bertz CT molecular complexity index is 409. The van der Waals surface area contributed by atoms with E-state index in [4.69, 9.17) is 4.74 Å². The van der Waals surface area contributed by atoms with E-state index in [1.807, 2.05) is 13.8 Å². The fourth-order valence-electron chi connectivity index (χ4n) is 1.19. The highest BCUT2D eigenvalue weighted by atomic mass is 16.5. The van der Waals surface area contributed by atoms with Crippen LogP contribution in [0.25, 0.3) is 0 Å². The third-order valence-corrected chi connectivity index (χ3v) is 2.29. The Morgan fingerprint density at radius 1 is 1.16 bits per heavy atom. The number of nitrogens with zero attached hydrogens (tertiary/aromatic N) is 3. The number of aliphatic hydroxyl groups excluding tert-OH is 2. The number of ether oxygens (including phenoxy) is 1. The van der Waals surface area contributed by atoms with Crippen molar-refractivity contribution >= 4 is 11.9 Å². The number of hydrogen-bond acceptors (Lipinski definition) is 8. The normalized spacial score (nSPS) is 11.5. The monoisotopic (exact) mass is 271 g/mol. The molecule has 0 aliphatic heterocycles. The summed E-state index contributed by atoms with van der Waals surface area (Å²) in [6.45, 7) is 4.86. The third-order valence-electron chi connectivity index (χ3n) is 2.29. The average Bonchev–Trinajstić information content (AvgIpc) is 2.37. The van der Waals surface area contributed by atoms with E-state index < -0.39 is 5.54 Å². The lowest BCUT2D eigenvalue weighted by molar-refractivity contribution is 0.146. The summed E-state index contributed by atoms with van der Waals surface area (Å²) in [7, 11) is 1.68. The van der Waals surface area contributed by atoms with Crippen molar-refractivity contribution in [1.29, 1.82) is 0 Å². The summed E-state index contributed by atoms with van der Waals surface area (Å²) < 4.78 is 5.41. The Morgan fingerprint density at radius 3 is 2.21 bits per heavy atom. The van der Waals surface area contributed by atoms with Gasteiger partial charge in [-0.05, 0) is 20.8 Å².